The highest BCUT2D eigenvalue weighted by Crippen LogP contribution is 2.25. The van der Waals surface area contributed by atoms with Crippen LogP contribution >= 0.6 is 0 Å². The van der Waals surface area contributed by atoms with Crippen LogP contribution in [-0.4, -0.2) is 27.9 Å². The highest BCUT2D eigenvalue weighted by Gasteiger charge is 2.30. The van der Waals surface area contributed by atoms with Gasteiger partial charge in [-0.3, -0.25) is 0 Å². The summed E-state index contributed by atoms with van der Waals surface area (Å²) in [6.45, 7) is 4.64. The zero-order chi connectivity index (χ0) is 16.4. The first-order valence-electron chi connectivity index (χ1n) is 5.91. The third-order valence-electron chi connectivity index (χ3n) is 2.26. The summed E-state index contributed by atoms with van der Waals surface area (Å²) in [5.41, 5.74) is -1.80. The molecule has 0 saturated heterocycles. The average molecular weight is 303 g/mol. The lowest BCUT2D eigenvalue weighted by atomic mass is 10.1. The first-order chi connectivity index (χ1) is 9.51. The van der Waals surface area contributed by atoms with Gasteiger partial charge in [0.05, 0.1) is 5.56 Å². The van der Waals surface area contributed by atoms with Crippen molar-refractivity contribution in [2.45, 2.75) is 32.4 Å². The van der Waals surface area contributed by atoms with Crippen molar-refractivity contribution in [1.29, 1.82) is 0 Å². The van der Waals surface area contributed by atoms with Crippen molar-refractivity contribution in [1.82, 2.24) is 5.32 Å². The standard InChI is InChI=1S/C13H15F2NO5/c1-13(2,3)21-12(20)16-10(11(18)19)9-7(14)4-6(17)5-8(9)15/h4-5,10,17H,1-3H3,(H,16,20)(H,18,19). The molecule has 21 heavy (non-hydrogen) atoms. The molecule has 3 N–H and O–H groups in total. The van der Waals surface area contributed by atoms with E-state index in [0.717, 1.165) is 0 Å². The molecule has 1 aromatic carbocycles. The fourth-order valence-corrected chi connectivity index (χ4v) is 1.53. The Hall–Kier alpha value is -2.38. The van der Waals surface area contributed by atoms with Crippen LogP contribution in [0.2, 0.25) is 0 Å². The van der Waals surface area contributed by atoms with E-state index in [2.05, 4.69) is 0 Å². The van der Waals surface area contributed by atoms with Crippen molar-refractivity contribution >= 4 is 12.1 Å². The van der Waals surface area contributed by atoms with Crippen molar-refractivity contribution in [3.63, 3.8) is 0 Å². The molecule has 0 radical (unpaired) electrons. The minimum absolute atomic E-state index is 0.547. The van der Waals surface area contributed by atoms with Crippen molar-refractivity contribution in [3.8, 4) is 5.75 Å². The predicted molar refractivity (Wildman–Crippen MR) is 67.8 cm³/mol. The van der Waals surface area contributed by atoms with E-state index in [-0.39, 0.29) is 0 Å². The Labute approximate surface area is 119 Å². The van der Waals surface area contributed by atoms with Crippen molar-refractivity contribution in [3.05, 3.63) is 29.3 Å². The number of hydrogen-bond donors (Lipinski definition) is 3. The van der Waals surface area contributed by atoms with Crippen molar-refractivity contribution in [2.24, 2.45) is 0 Å². The molecule has 1 unspecified atom stereocenters. The number of rotatable bonds is 3. The number of carboxylic acids is 1. The molecule has 0 bridgehead atoms. The Morgan fingerprint density at radius 1 is 1.24 bits per heavy atom. The maximum Gasteiger partial charge on any atom is 0.408 e. The van der Waals surface area contributed by atoms with Crippen LogP contribution < -0.4 is 5.32 Å². The lowest BCUT2D eigenvalue weighted by molar-refractivity contribution is -0.139. The molecule has 0 aromatic heterocycles. The Morgan fingerprint density at radius 2 is 1.71 bits per heavy atom. The second-order valence-corrected chi connectivity index (χ2v) is 5.24. The third-order valence-corrected chi connectivity index (χ3v) is 2.26. The van der Waals surface area contributed by atoms with Gasteiger partial charge in [-0.1, -0.05) is 0 Å². The van der Waals surface area contributed by atoms with Gasteiger partial charge in [-0.05, 0) is 20.8 Å². The molecule has 1 rings (SSSR count). The number of alkyl carbamates (subject to hydrolysis) is 1. The molecule has 0 aliphatic carbocycles. The average Bonchev–Trinajstić information content (AvgIpc) is 2.23. The van der Waals surface area contributed by atoms with Crippen LogP contribution in [0.3, 0.4) is 0 Å². The van der Waals surface area contributed by atoms with Crippen LogP contribution in [0.25, 0.3) is 0 Å². The SMILES string of the molecule is CC(C)(C)OC(=O)NC(C(=O)O)c1c(F)cc(O)cc1F. The molecule has 6 nitrogen and oxygen atoms in total. The van der Waals surface area contributed by atoms with E-state index >= 15 is 0 Å². The second kappa shape index (κ2) is 5.94. The number of ether oxygens (including phenoxy) is 1. The number of aromatic hydroxyl groups is 1. The van der Waals surface area contributed by atoms with Crippen LogP contribution in [0.5, 0.6) is 5.75 Å². The van der Waals surface area contributed by atoms with Gasteiger partial charge in [0, 0.05) is 12.1 Å². The highest BCUT2D eigenvalue weighted by atomic mass is 19.1. The van der Waals surface area contributed by atoms with Gasteiger partial charge in [0.25, 0.3) is 0 Å². The molecule has 0 heterocycles. The first-order valence-corrected chi connectivity index (χ1v) is 5.91. The number of hydrogen-bond acceptors (Lipinski definition) is 4. The quantitative estimate of drug-likeness (QED) is 0.796. The van der Waals surface area contributed by atoms with Gasteiger partial charge in [-0.15, -0.1) is 0 Å². The second-order valence-electron chi connectivity index (χ2n) is 5.24. The van der Waals surface area contributed by atoms with E-state index in [1.54, 1.807) is 20.8 Å². The molecular formula is C13H15F2NO5. The fourth-order valence-electron chi connectivity index (χ4n) is 1.53. The first kappa shape index (κ1) is 16.7. The number of phenols is 1. The minimum Gasteiger partial charge on any atom is -0.508 e. The van der Waals surface area contributed by atoms with E-state index in [1.807, 2.05) is 5.32 Å². The number of aliphatic carboxylic acids is 1. The number of benzene rings is 1. The van der Waals surface area contributed by atoms with Crippen LogP contribution in [0, 0.1) is 11.6 Å². The number of carbonyl (C=O) groups excluding carboxylic acids is 1. The summed E-state index contributed by atoms with van der Waals surface area (Å²) < 4.78 is 32.1. The van der Waals surface area contributed by atoms with Crippen LogP contribution in [0.4, 0.5) is 13.6 Å². The molecule has 0 spiro atoms. The number of carboxylic acid groups (broad SMARTS) is 1. The largest absolute Gasteiger partial charge is 0.508 e. The van der Waals surface area contributed by atoms with Crippen LogP contribution in [0.15, 0.2) is 12.1 Å². The fraction of sp³-hybridized carbons (Fsp3) is 0.385. The number of nitrogens with one attached hydrogen (secondary N) is 1. The number of carbonyl (C=O) groups is 2. The molecule has 0 fully saturated rings. The summed E-state index contributed by atoms with van der Waals surface area (Å²) in [6, 6.07) is -0.892. The maximum absolute atomic E-state index is 13.7. The van der Waals surface area contributed by atoms with Crippen LogP contribution in [-0.2, 0) is 9.53 Å². The van der Waals surface area contributed by atoms with Crippen LogP contribution in [0.1, 0.15) is 32.4 Å². The smallest absolute Gasteiger partial charge is 0.408 e. The Kier molecular flexibility index (Phi) is 4.72. The Bertz CT molecular complexity index is 545. The summed E-state index contributed by atoms with van der Waals surface area (Å²) in [5, 5.41) is 19.9. The molecule has 8 heteroatoms. The molecule has 0 aliphatic rings. The summed E-state index contributed by atoms with van der Waals surface area (Å²) >= 11 is 0. The molecule has 1 amide bonds. The normalized spacial score (nSPS) is 12.6. The topological polar surface area (TPSA) is 95.9 Å². The van der Waals surface area contributed by atoms with Crippen molar-refractivity contribution < 1.29 is 33.3 Å². The zero-order valence-electron chi connectivity index (χ0n) is 11.6. The van der Waals surface area contributed by atoms with E-state index in [1.165, 1.54) is 0 Å². The van der Waals surface area contributed by atoms with Gasteiger partial charge < -0.3 is 20.3 Å². The molecular weight excluding hydrogens is 288 g/mol. The van der Waals surface area contributed by atoms with E-state index in [4.69, 9.17) is 14.9 Å². The van der Waals surface area contributed by atoms with E-state index in [0.29, 0.717) is 12.1 Å². The number of phenolic OH excluding ortho intramolecular Hbond substituents is 1. The Morgan fingerprint density at radius 3 is 2.10 bits per heavy atom. The zero-order valence-corrected chi connectivity index (χ0v) is 11.6. The van der Waals surface area contributed by atoms with Gasteiger partial charge in [-0.2, -0.15) is 0 Å². The minimum atomic E-state index is -1.99. The predicted octanol–water partition coefficient (Wildman–Crippen LogP) is 2.32. The lowest BCUT2D eigenvalue weighted by Gasteiger charge is -2.22. The van der Waals surface area contributed by atoms with Gasteiger partial charge in [-0.25, -0.2) is 18.4 Å². The highest BCUT2D eigenvalue weighted by molar-refractivity contribution is 5.81. The Balaban J connectivity index is 3.09. The van der Waals surface area contributed by atoms with E-state index < -0.39 is 46.7 Å². The number of halogens is 2. The molecule has 0 saturated carbocycles. The van der Waals surface area contributed by atoms with Gasteiger partial charge >= 0.3 is 12.1 Å². The van der Waals surface area contributed by atoms with E-state index in [9.17, 15) is 18.4 Å². The summed E-state index contributed by atoms with van der Waals surface area (Å²) in [6.07, 6.45) is -1.14. The maximum atomic E-state index is 13.7. The monoisotopic (exact) mass is 303 g/mol. The molecule has 1 aromatic rings. The number of amides is 1. The summed E-state index contributed by atoms with van der Waals surface area (Å²) in [7, 11) is 0. The summed E-state index contributed by atoms with van der Waals surface area (Å²) in [4.78, 5) is 22.7. The molecule has 116 valence electrons. The van der Waals surface area contributed by atoms with Crippen molar-refractivity contribution in [2.75, 3.05) is 0 Å². The lowest BCUT2D eigenvalue weighted by Crippen LogP contribution is -2.38. The molecule has 0 aliphatic heterocycles. The molecule has 1 atom stereocenters. The van der Waals surface area contributed by atoms with Gasteiger partial charge in [0.15, 0.2) is 6.04 Å². The van der Waals surface area contributed by atoms with Gasteiger partial charge in [0.1, 0.15) is 23.0 Å². The van der Waals surface area contributed by atoms with Gasteiger partial charge in [0.2, 0.25) is 0 Å². The summed E-state index contributed by atoms with van der Waals surface area (Å²) in [5.74, 6) is -4.97. The third kappa shape index (κ3) is 4.59.